The van der Waals surface area contributed by atoms with E-state index in [2.05, 4.69) is 21.2 Å². The van der Waals surface area contributed by atoms with Gasteiger partial charge < -0.3 is 5.32 Å². The highest BCUT2D eigenvalue weighted by molar-refractivity contribution is 9.10. The van der Waals surface area contributed by atoms with Crippen LogP contribution in [0.5, 0.6) is 0 Å². The highest BCUT2D eigenvalue weighted by atomic mass is 79.9. The third-order valence-electron chi connectivity index (χ3n) is 2.91. The van der Waals surface area contributed by atoms with Crippen LogP contribution in [-0.2, 0) is 27.2 Å². The van der Waals surface area contributed by atoms with Crippen LogP contribution in [-0.4, -0.2) is 9.13 Å². The predicted molar refractivity (Wildman–Crippen MR) is 79.5 cm³/mol. The van der Waals surface area contributed by atoms with Gasteiger partial charge in [0.1, 0.15) is 0 Å². The summed E-state index contributed by atoms with van der Waals surface area (Å²) in [5.41, 5.74) is 0.0968. The summed E-state index contributed by atoms with van der Waals surface area (Å²) >= 11 is 5.12. The SMILES string of the molecule is Cn1c(CNCc2sccc2Br)cc(=O)n(C)c1=O. The Morgan fingerprint density at radius 3 is 2.63 bits per heavy atom. The second kappa shape index (κ2) is 5.85. The molecule has 5 nitrogen and oxygen atoms in total. The lowest BCUT2D eigenvalue weighted by Gasteiger charge is -2.10. The summed E-state index contributed by atoms with van der Waals surface area (Å²) in [6, 6.07) is 3.48. The first-order chi connectivity index (χ1) is 9.00. The van der Waals surface area contributed by atoms with Crippen LogP contribution in [0.15, 0.2) is 31.6 Å². The van der Waals surface area contributed by atoms with Crippen LogP contribution in [0.25, 0.3) is 0 Å². The van der Waals surface area contributed by atoms with E-state index in [1.165, 1.54) is 22.6 Å². The number of halogens is 1. The standard InChI is InChI=1S/C12H14BrN3O2S/c1-15-8(5-11(17)16(2)12(15)18)6-14-7-10-9(13)3-4-19-10/h3-5,14H,6-7H2,1-2H3. The zero-order valence-electron chi connectivity index (χ0n) is 10.6. The lowest BCUT2D eigenvalue weighted by Crippen LogP contribution is -2.38. The summed E-state index contributed by atoms with van der Waals surface area (Å²) in [5, 5.41) is 5.24. The van der Waals surface area contributed by atoms with E-state index in [1.807, 2.05) is 11.4 Å². The molecule has 2 heterocycles. The summed E-state index contributed by atoms with van der Waals surface area (Å²) in [4.78, 5) is 24.5. The molecule has 0 aliphatic heterocycles. The van der Waals surface area contributed by atoms with E-state index >= 15 is 0 Å². The minimum Gasteiger partial charge on any atom is -0.306 e. The van der Waals surface area contributed by atoms with Crippen molar-refractivity contribution in [3.05, 3.63) is 53.4 Å². The number of hydrogen-bond donors (Lipinski definition) is 1. The quantitative estimate of drug-likeness (QED) is 0.907. The molecule has 19 heavy (non-hydrogen) atoms. The molecule has 0 spiro atoms. The second-order valence-electron chi connectivity index (χ2n) is 4.17. The zero-order valence-corrected chi connectivity index (χ0v) is 13.0. The average Bonchev–Trinajstić information content (AvgIpc) is 2.79. The fourth-order valence-electron chi connectivity index (χ4n) is 1.70. The molecule has 0 aromatic carbocycles. The third-order valence-corrected chi connectivity index (χ3v) is 4.83. The third kappa shape index (κ3) is 3.05. The van der Waals surface area contributed by atoms with Gasteiger partial charge in [-0.1, -0.05) is 0 Å². The summed E-state index contributed by atoms with van der Waals surface area (Å²) in [6.45, 7) is 1.17. The van der Waals surface area contributed by atoms with Crippen molar-refractivity contribution in [2.24, 2.45) is 14.1 Å². The molecular weight excluding hydrogens is 330 g/mol. The maximum atomic E-state index is 11.7. The molecular formula is C12H14BrN3O2S. The van der Waals surface area contributed by atoms with Gasteiger partial charge in [-0.25, -0.2) is 4.79 Å². The molecule has 1 N–H and O–H groups in total. The van der Waals surface area contributed by atoms with Crippen molar-refractivity contribution in [1.29, 1.82) is 0 Å². The van der Waals surface area contributed by atoms with Crippen molar-refractivity contribution in [2.75, 3.05) is 0 Å². The maximum Gasteiger partial charge on any atom is 0.330 e. The van der Waals surface area contributed by atoms with Crippen LogP contribution >= 0.6 is 27.3 Å². The van der Waals surface area contributed by atoms with Crippen LogP contribution in [0.2, 0.25) is 0 Å². The number of nitrogens with one attached hydrogen (secondary N) is 1. The molecule has 102 valence electrons. The minimum absolute atomic E-state index is 0.280. The van der Waals surface area contributed by atoms with Gasteiger partial charge in [-0.3, -0.25) is 13.9 Å². The number of nitrogens with zero attached hydrogens (tertiary/aromatic N) is 2. The van der Waals surface area contributed by atoms with Crippen molar-refractivity contribution in [3.8, 4) is 0 Å². The number of aromatic nitrogens is 2. The fourth-order valence-corrected chi connectivity index (χ4v) is 3.17. The molecule has 0 saturated carbocycles. The Kier molecular flexibility index (Phi) is 4.38. The largest absolute Gasteiger partial charge is 0.330 e. The van der Waals surface area contributed by atoms with E-state index < -0.39 is 0 Å². The van der Waals surface area contributed by atoms with E-state index in [4.69, 9.17) is 0 Å². The van der Waals surface area contributed by atoms with Gasteiger partial charge in [0.15, 0.2) is 0 Å². The number of thiophene rings is 1. The van der Waals surface area contributed by atoms with Crippen LogP contribution < -0.4 is 16.6 Å². The Hall–Kier alpha value is -1.18. The molecule has 0 aliphatic rings. The molecule has 0 fully saturated rings. The van der Waals surface area contributed by atoms with Crippen molar-refractivity contribution in [1.82, 2.24) is 14.5 Å². The monoisotopic (exact) mass is 343 g/mol. The van der Waals surface area contributed by atoms with Crippen LogP contribution in [0.3, 0.4) is 0 Å². The minimum atomic E-state index is -0.304. The van der Waals surface area contributed by atoms with Crippen molar-refractivity contribution in [3.63, 3.8) is 0 Å². The Morgan fingerprint density at radius 1 is 1.26 bits per heavy atom. The first kappa shape index (κ1) is 14.2. The molecule has 0 radical (unpaired) electrons. The molecule has 0 atom stereocenters. The Morgan fingerprint density at radius 2 is 2.00 bits per heavy atom. The van der Waals surface area contributed by atoms with E-state index in [0.717, 1.165) is 9.04 Å². The lowest BCUT2D eigenvalue weighted by atomic mass is 10.3. The summed E-state index contributed by atoms with van der Waals surface area (Å²) in [7, 11) is 3.14. The van der Waals surface area contributed by atoms with Gasteiger partial charge in [0.2, 0.25) is 0 Å². The van der Waals surface area contributed by atoms with E-state index in [-0.39, 0.29) is 11.2 Å². The zero-order chi connectivity index (χ0) is 14.0. The second-order valence-corrected chi connectivity index (χ2v) is 6.02. The van der Waals surface area contributed by atoms with Gasteiger partial charge in [0.05, 0.1) is 0 Å². The van der Waals surface area contributed by atoms with Gasteiger partial charge in [-0.15, -0.1) is 11.3 Å². The molecule has 2 aromatic rings. The Balaban J connectivity index is 2.11. The Labute approximate surface area is 122 Å². The first-order valence-corrected chi connectivity index (χ1v) is 7.36. The topological polar surface area (TPSA) is 56.0 Å². The maximum absolute atomic E-state index is 11.7. The summed E-state index contributed by atoms with van der Waals surface area (Å²) in [6.07, 6.45) is 0. The molecule has 0 unspecified atom stereocenters. The van der Waals surface area contributed by atoms with Gasteiger partial charge in [-0.05, 0) is 27.4 Å². The number of hydrogen-bond acceptors (Lipinski definition) is 4. The van der Waals surface area contributed by atoms with Gasteiger partial charge >= 0.3 is 5.69 Å². The average molecular weight is 344 g/mol. The predicted octanol–water partition coefficient (Wildman–Crippen LogP) is 1.20. The van der Waals surface area contributed by atoms with Gasteiger partial charge in [0.25, 0.3) is 5.56 Å². The molecule has 0 amide bonds. The van der Waals surface area contributed by atoms with Crippen LogP contribution in [0.1, 0.15) is 10.6 Å². The highest BCUT2D eigenvalue weighted by Gasteiger charge is 2.06. The lowest BCUT2D eigenvalue weighted by molar-refractivity contribution is 0.602. The van der Waals surface area contributed by atoms with Crippen molar-refractivity contribution < 1.29 is 0 Å². The van der Waals surface area contributed by atoms with E-state index in [1.54, 1.807) is 18.4 Å². The molecule has 0 saturated heterocycles. The van der Waals surface area contributed by atoms with Gasteiger partial charge in [-0.2, -0.15) is 0 Å². The molecule has 2 rings (SSSR count). The normalized spacial score (nSPS) is 10.9. The van der Waals surface area contributed by atoms with E-state index in [9.17, 15) is 9.59 Å². The Bertz CT molecular complexity index is 702. The van der Waals surface area contributed by atoms with E-state index in [0.29, 0.717) is 18.8 Å². The highest BCUT2D eigenvalue weighted by Crippen LogP contribution is 2.22. The van der Waals surface area contributed by atoms with Crippen molar-refractivity contribution >= 4 is 27.3 Å². The summed E-state index contributed by atoms with van der Waals surface area (Å²) in [5.74, 6) is 0. The fraction of sp³-hybridized carbons (Fsp3) is 0.333. The number of rotatable bonds is 4. The molecule has 0 bridgehead atoms. The molecule has 0 aliphatic carbocycles. The van der Waals surface area contributed by atoms with Crippen LogP contribution in [0, 0.1) is 0 Å². The molecule has 7 heteroatoms. The van der Waals surface area contributed by atoms with Gasteiger partial charge in [0, 0.05) is 48.3 Å². The van der Waals surface area contributed by atoms with Crippen LogP contribution in [0.4, 0.5) is 0 Å². The molecule has 2 aromatic heterocycles. The first-order valence-electron chi connectivity index (χ1n) is 5.69. The summed E-state index contributed by atoms with van der Waals surface area (Å²) < 4.78 is 3.65. The van der Waals surface area contributed by atoms with Crippen molar-refractivity contribution in [2.45, 2.75) is 13.1 Å². The smallest absolute Gasteiger partial charge is 0.306 e.